The molecule has 0 spiro atoms. The van der Waals surface area contributed by atoms with Crippen LogP contribution in [-0.2, 0) is 4.79 Å². The van der Waals surface area contributed by atoms with Crippen molar-refractivity contribution < 1.29 is 14.7 Å². The molecule has 1 heterocycles. The number of aliphatic carboxylic acids is 1. The van der Waals surface area contributed by atoms with Gasteiger partial charge >= 0.3 is 12.0 Å². The van der Waals surface area contributed by atoms with Crippen molar-refractivity contribution in [1.82, 2.24) is 9.80 Å². The lowest BCUT2D eigenvalue weighted by Gasteiger charge is -2.30. The van der Waals surface area contributed by atoms with E-state index in [2.05, 4.69) is 6.07 Å². The highest BCUT2D eigenvalue weighted by Crippen LogP contribution is 2.34. The average Bonchev–Trinajstić information content (AvgIpc) is 2.88. The smallest absolute Gasteiger partial charge is 0.320 e. The number of nitriles is 1. The molecule has 1 fully saturated rings. The number of urea groups is 1. The predicted molar refractivity (Wildman–Crippen MR) is 78.6 cm³/mol. The second kappa shape index (κ2) is 7.30. The average molecular weight is 295 g/mol. The molecule has 0 aromatic rings. The van der Waals surface area contributed by atoms with Crippen LogP contribution in [0.2, 0.25) is 0 Å². The van der Waals surface area contributed by atoms with Gasteiger partial charge in [0.25, 0.3) is 0 Å². The fourth-order valence-electron chi connectivity index (χ4n) is 2.74. The first-order chi connectivity index (χ1) is 9.86. The molecular weight excluding hydrogens is 270 g/mol. The fourth-order valence-corrected chi connectivity index (χ4v) is 2.74. The number of carbonyl (C=O) groups excluding carboxylic acids is 1. The van der Waals surface area contributed by atoms with Crippen LogP contribution in [0.25, 0.3) is 0 Å². The third-order valence-electron chi connectivity index (χ3n) is 4.10. The molecule has 0 aliphatic carbocycles. The molecular formula is C15H25N3O3. The SMILES string of the molecule is CCC1(C(=O)O)CCN(C(=O)N(CCC#N)CC(C)C)C1. The summed E-state index contributed by atoms with van der Waals surface area (Å²) in [5.74, 6) is -0.515. The molecule has 1 N–H and O–H groups in total. The normalized spacial score (nSPS) is 21.4. The van der Waals surface area contributed by atoms with Crippen LogP contribution in [0.4, 0.5) is 4.79 Å². The van der Waals surface area contributed by atoms with E-state index >= 15 is 0 Å². The van der Waals surface area contributed by atoms with Crippen molar-refractivity contribution in [1.29, 1.82) is 5.26 Å². The zero-order valence-electron chi connectivity index (χ0n) is 13.1. The topological polar surface area (TPSA) is 84.6 Å². The highest BCUT2D eigenvalue weighted by atomic mass is 16.4. The molecule has 118 valence electrons. The Balaban J connectivity index is 2.76. The Kier molecular flexibility index (Phi) is 6.01. The van der Waals surface area contributed by atoms with E-state index in [9.17, 15) is 14.7 Å². The number of carboxylic acid groups (broad SMARTS) is 1. The molecule has 21 heavy (non-hydrogen) atoms. The van der Waals surface area contributed by atoms with Crippen LogP contribution in [0, 0.1) is 22.7 Å². The van der Waals surface area contributed by atoms with Gasteiger partial charge in [-0.15, -0.1) is 0 Å². The van der Waals surface area contributed by atoms with E-state index in [0.717, 1.165) is 0 Å². The summed E-state index contributed by atoms with van der Waals surface area (Å²) in [5, 5.41) is 18.1. The second-order valence-electron chi connectivity index (χ2n) is 6.14. The maximum Gasteiger partial charge on any atom is 0.320 e. The summed E-state index contributed by atoms with van der Waals surface area (Å²) in [6, 6.07) is 1.91. The minimum Gasteiger partial charge on any atom is -0.481 e. The van der Waals surface area contributed by atoms with Crippen molar-refractivity contribution in [2.24, 2.45) is 11.3 Å². The highest BCUT2D eigenvalue weighted by Gasteiger charge is 2.45. The molecule has 0 aromatic carbocycles. The van der Waals surface area contributed by atoms with E-state index < -0.39 is 11.4 Å². The van der Waals surface area contributed by atoms with Crippen molar-refractivity contribution in [2.45, 2.75) is 40.0 Å². The first-order valence-corrected chi connectivity index (χ1v) is 7.50. The zero-order valence-corrected chi connectivity index (χ0v) is 13.1. The van der Waals surface area contributed by atoms with Crippen molar-refractivity contribution in [3.63, 3.8) is 0 Å². The molecule has 1 rings (SSSR count). The summed E-state index contributed by atoms with van der Waals surface area (Å²) in [6.45, 7) is 7.61. The standard InChI is InChI=1S/C15H25N3O3/c1-4-15(13(19)20)6-9-18(11-15)14(21)17(8-5-7-16)10-12(2)3/h12H,4-6,8-11H2,1-3H3,(H,19,20). The van der Waals surface area contributed by atoms with Crippen LogP contribution < -0.4 is 0 Å². The van der Waals surface area contributed by atoms with E-state index in [4.69, 9.17) is 5.26 Å². The molecule has 1 saturated heterocycles. The number of nitrogens with zero attached hydrogens (tertiary/aromatic N) is 3. The van der Waals surface area contributed by atoms with E-state index in [-0.39, 0.29) is 12.6 Å². The number of likely N-dealkylation sites (tertiary alicyclic amines) is 1. The number of hydrogen-bond acceptors (Lipinski definition) is 3. The summed E-state index contributed by atoms with van der Waals surface area (Å²) in [4.78, 5) is 27.3. The van der Waals surface area contributed by atoms with Gasteiger partial charge in [0, 0.05) is 26.2 Å². The maximum atomic E-state index is 12.6. The van der Waals surface area contributed by atoms with Gasteiger partial charge in [0.05, 0.1) is 17.9 Å². The van der Waals surface area contributed by atoms with E-state index in [1.165, 1.54) is 0 Å². The van der Waals surface area contributed by atoms with Gasteiger partial charge in [-0.2, -0.15) is 5.26 Å². The van der Waals surface area contributed by atoms with Gasteiger partial charge in [0.1, 0.15) is 0 Å². The lowest BCUT2D eigenvalue weighted by atomic mass is 9.84. The Labute approximate surface area is 126 Å². The number of rotatable bonds is 6. The van der Waals surface area contributed by atoms with E-state index in [0.29, 0.717) is 44.8 Å². The number of hydrogen-bond donors (Lipinski definition) is 1. The van der Waals surface area contributed by atoms with Crippen molar-refractivity contribution in [3.8, 4) is 6.07 Å². The molecule has 1 atom stereocenters. The Morgan fingerprint density at radius 2 is 2.14 bits per heavy atom. The first kappa shape index (κ1) is 17.3. The lowest BCUT2D eigenvalue weighted by molar-refractivity contribution is -0.148. The summed E-state index contributed by atoms with van der Waals surface area (Å²) >= 11 is 0. The van der Waals surface area contributed by atoms with Crippen molar-refractivity contribution in [2.75, 3.05) is 26.2 Å². The third-order valence-corrected chi connectivity index (χ3v) is 4.10. The molecule has 0 bridgehead atoms. The van der Waals surface area contributed by atoms with Gasteiger partial charge in [0.15, 0.2) is 0 Å². The Bertz CT molecular complexity index is 430. The predicted octanol–water partition coefficient (Wildman–Crippen LogP) is 2.16. The molecule has 1 aliphatic heterocycles. The minimum absolute atomic E-state index is 0.143. The Morgan fingerprint density at radius 3 is 2.57 bits per heavy atom. The third kappa shape index (κ3) is 4.10. The van der Waals surface area contributed by atoms with Gasteiger partial charge in [-0.05, 0) is 18.8 Å². The van der Waals surface area contributed by atoms with Crippen molar-refractivity contribution in [3.05, 3.63) is 0 Å². The fraction of sp³-hybridized carbons (Fsp3) is 0.800. The number of amides is 2. The summed E-state index contributed by atoms with van der Waals surface area (Å²) in [6.07, 6.45) is 1.32. The molecule has 6 nitrogen and oxygen atoms in total. The molecule has 1 aliphatic rings. The Hall–Kier alpha value is -1.77. The van der Waals surface area contributed by atoms with E-state index in [1.807, 2.05) is 20.8 Å². The van der Waals surface area contributed by atoms with Crippen LogP contribution in [0.15, 0.2) is 0 Å². The largest absolute Gasteiger partial charge is 0.481 e. The van der Waals surface area contributed by atoms with Crippen LogP contribution in [0.5, 0.6) is 0 Å². The maximum absolute atomic E-state index is 12.6. The van der Waals surface area contributed by atoms with Crippen LogP contribution in [-0.4, -0.2) is 53.1 Å². The molecule has 1 unspecified atom stereocenters. The molecule has 2 amide bonds. The van der Waals surface area contributed by atoms with Crippen molar-refractivity contribution >= 4 is 12.0 Å². The van der Waals surface area contributed by atoms with Gasteiger partial charge in [-0.3, -0.25) is 4.79 Å². The van der Waals surface area contributed by atoms with Gasteiger partial charge < -0.3 is 14.9 Å². The highest BCUT2D eigenvalue weighted by molar-refractivity contribution is 5.79. The zero-order chi connectivity index (χ0) is 16.0. The molecule has 0 radical (unpaired) electrons. The summed E-state index contributed by atoms with van der Waals surface area (Å²) in [5.41, 5.74) is -0.811. The van der Waals surface area contributed by atoms with Crippen LogP contribution in [0.3, 0.4) is 0 Å². The molecule has 0 aromatic heterocycles. The number of carboxylic acids is 1. The molecule has 0 saturated carbocycles. The van der Waals surface area contributed by atoms with Crippen LogP contribution >= 0.6 is 0 Å². The monoisotopic (exact) mass is 295 g/mol. The van der Waals surface area contributed by atoms with E-state index in [1.54, 1.807) is 9.80 Å². The summed E-state index contributed by atoms with van der Waals surface area (Å²) in [7, 11) is 0. The lowest BCUT2D eigenvalue weighted by Crippen LogP contribution is -2.45. The van der Waals surface area contributed by atoms with Gasteiger partial charge in [0.2, 0.25) is 0 Å². The Morgan fingerprint density at radius 1 is 1.48 bits per heavy atom. The van der Waals surface area contributed by atoms with Crippen LogP contribution in [0.1, 0.15) is 40.0 Å². The number of carbonyl (C=O) groups is 2. The minimum atomic E-state index is -0.826. The molecule has 6 heteroatoms. The summed E-state index contributed by atoms with van der Waals surface area (Å²) < 4.78 is 0. The first-order valence-electron chi connectivity index (χ1n) is 7.50. The van der Waals surface area contributed by atoms with Gasteiger partial charge in [-0.25, -0.2) is 4.79 Å². The quantitative estimate of drug-likeness (QED) is 0.813. The van der Waals surface area contributed by atoms with Gasteiger partial charge in [-0.1, -0.05) is 20.8 Å². The second-order valence-corrected chi connectivity index (χ2v) is 6.14.